The Balaban J connectivity index is 2.30. The zero-order valence-electron chi connectivity index (χ0n) is 11.4. The average molecular weight is 291 g/mol. The van der Waals surface area contributed by atoms with Crippen LogP contribution in [0.5, 0.6) is 0 Å². The second-order valence-electron chi connectivity index (χ2n) is 4.36. The minimum absolute atomic E-state index is 0.267. The van der Waals surface area contributed by atoms with Crippen LogP contribution in [0.15, 0.2) is 53.7 Å². The average Bonchev–Trinajstić information content (AvgIpc) is 2.48. The second kappa shape index (κ2) is 6.02. The molecule has 0 aliphatic rings. The van der Waals surface area contributed by atoms with Crippen molar-refractivity contribution in [2.75, 3.05) is 18.4 Å². The maximum Gasteiger partial charge on any atom is 0.264 e. The summed E-state index contributed by atoms with van der Waals surface area (Å²) in [6, 6.07) is 10.3. The van der Waals surface area contributed by atoms with Gasteiger partial charge < -0.3 is 5.32 Å². The van der Waals surface area contributed by atoms with Crippen LogP contribution >= 0.6 is 0 Å². The summed E-state index contributed by atoms with van der Waals surface area (Å²) in [4.78, 5) is 4.20. The molecular weight excluding hydrogens is 274 g/mol. The summed E-state index contributed by atoms with van der Waals surface area (Å²) in [6.45, 7) is 0.707. The number of sulfonamides is 1. The van der Waals surface area contributed by atoms with Crippen molar-refractivity contribution in [1.82, 2.24) is 10.3 Å². The fraction of sp³-hybridized carbons (Fsp3) is 0.214. The van der Waals surface area contributed by atoms with E-state index in [4.69, 9.17) is 0 Å². The first-order chi connectivity index (χ1) is 9.55. The summed E-state index contributed by atoms with van der Waals surface area (Å²) < 4.78 is 26.2. The van der Waals surface area contributed by atoms with Crippen LogP contribution in [-0.4, -0.2) is 27.5 Å². The van der Waals surface area contributed by atoms with Crippen LogP contribution < -0.4 is 9.62 Å². The zero-order valence-corrected chi connectivity index (χ0v) is 12.3. The molecule has 0 aliphatic heterocycles. The number of rotatable bonds is 5. The molecule has 1 aromatic carbocycles. The van der Waals surface area contributed by atoms with Gasteiger partial charge in [0, 0.05) is 19.8 Å². The number of benzene rings is 1. The summed E-state index contributed by atoms with van der Waals surface area (Å²) in [5.41, 5.74) is 1.57. The number of nitrogens with zero attached hydrogens (tertiary/aromatic N) is 2. The highest BCUT2D eigenvalue weighted by molar-refractivity contribution is 7.92. The minimum atomic E-state index is -3.55. The Morgan fingerprint density at radius 3 is 2.45 bits per heavy atom. The molecule has 0 aliphatic carbocycles. The van der Waals surface area contributed by atoms with Crippen LogP contribution in [-0.2, 0) is 16.6 Å². The molecule has 1 aromatic heterocycles. The van der Waals surface area contributed by atoms with Crippen molar-refractivity contribution in [2.45, 2.75) is 11.4 Å². The summed E-state index contributed by atoms with van der Waals surface area (Å²) >= 11 is 0. The SMILES string of the molecule is CNCc1ccc(S(=O)(=O)N(C)c2cccnc2)cc1. The summed E-state index contributed by atoms with van der Waals surface area (Å²) in [5.74, 6) is 0. The molecule has 0 unspecified atom stereocenters. The highest BCUT2D eigenvalue weighted by Gasteiger charge is 2.21. The molecule has 0 atom stereocenters. The first-order valence-corrected chi connectivity index (χ1v) is 7.62. The van der Waals surface area contributed by atoms with Crippen LogP contribution in [0.3, 0.4) is 0 Å². The first kappa shape index (κ1) is 14.5. The number of pyridine rings is 1. The normalized spacial score (nSPS) is 11.3. The van der Waals surface area contributed by atoms with E-state index < -0.39 is 10.0 Å². The van der Waals surface area contributed by atoms with Crippen molar-refractivity contribution in [3.05, 3.63) is 54.4 Å². The lowest BCUT2D eigenvalue weighted by molar-refractivity contribution is 0.594. The van der Waals surface area contributed by atoms with E-state index >= 15 is 0 Å². The molecule has 106 valence electrons. The Kier molecular flexibility index (Phi) is 4.36. The Labute approximate surface area is 119 Å². The van der Waals surface area contributed by atoms with Crippen LogP contribution in [0.2, 0.25) is 0 Å². The molecule has 6 heteroatoms. The molecule has 2 rings (SSSR count). The van der Waals surface area contributed by atoms with Gasteiger partial charge in [0.05, 0.1) is 16.8 Å². The van der Waals surface area contributed by atoms with Crippen molar-refractivity contribution >= 4 is 15.7 Å². The van der Waals surface area contributed by atoms with Crippen molar-refractivity contribution in [3.8, 4) is 0 Å². The number of aromatic nitrogens is 1. The van der Waals surface area contributed by atoms with Crippen LogP contribution in [0.25, 0.3) is 0 Å². The van der Waals surface area contributed by atoms with Gasteiger partial charge in [0.1, 0.15) is 0 Å². The molecular formula is C14H17N3O2S. The van der Waals surface area contributed by atoms with Gasteiger partial charge in [-0.25, -0.2) is 8.42 Å². The summed E-state index contributed by atoms with van der Waals surface area (Å²) in [6.07, 6.45) is 3.13. The molecule has 0 bridgehead atoms. The van der Waals surface area contributed by atoms with Crippen molar-refractivity contribution in [3.63, 3.8) is 0 Å². The zero-order chi connectivity index (χ0) is 14.6. The van der Waals surface area contributed by atoms with E-state index in [9.17, 15) is 8.42 Å². The Morgan fingerprint density at radius 1 is 1.20 bits per heavy atom. The van der Waals surface area contributed by atoms with Gasteiger partial charge in [-0.2, -0.15) is 0 Å². The van der Waals surface area contributed by atoms with E-state index in [1.807, 2.05) is 7.05 Å². The molecule has 0 saturated heterocycles. The highest BCUT2D eigenvalue weighted by atomic mass is 32.2. The Morgan fingerprint density at radius 2 is 1.90 bits per heavy atom. The number of hydrogen-bond acceptors (Lipinski definition) is 4. The molecule has 0 fully saturated rings. The fourth-order valence-electron chi connectivity index (χ4n) is 1.82. The minimum Gasteiger partial charge on any atom is -0.316 e. The quantitative estimate of drug-likeness (QED) is 0.909. The third-order valence-electron chi connectivity index (χ3n) is 2.97. The van der Waals surface area contributed by atoms with Crippen LogP contribution in [0.4, 0.5) is 5.69 Å². The third kappa shape index (κ3) is 2.97. The number of hydrogen-bond donors (Lipinski definition) is 1. The molecule has 2 aromatic rings. The largest absolute Gasteiger partial charge is 0.316 e. The maximum atomic E-state index is 12.5. The Bertz CT molecular complexity index is 655. The first-order valence-electron chi connectivity index (χ1n) is 6.18. The molecule has 0 spiro atoms. The molecule has 0 radical (unpaired) electrons. The lowest BCUT2D eigenvalue weighted by atomic mass is 10.2. The van der Waals surface area contributed by atoms with E-state index in [-0.39, 0.29) is 4.90 Å². The second-order valence-corrected chi connectivity index (χ2v) is 6.33. The molecule has 0 saturated carbocycles. The fourth-order valence-corrected chi connectivity index (χ4v) is 3.00. The van der Waals surface area contributed by atoms with E-state index in [0.29, 0.717) is 12.2 Å². The van der Waals surface area contributed by atoms with Gasteiger partial charge in [0.15, 0.2) is 0 Å². The van der Waals surface area contributed by atoms with Crippen LogP contribution in [0, 0.1) is 0 Å². The summed E-state index contributed by atoms with van der Waals surface area (Å²) in [5, 5.41) is 3.02. The van der Waals surface area contributed by atoms with Crippen molar-refractivity contribution in [2.24, 2.45) is 0 Å². The molecule has 20 heavy (non-hydrogen) atoms. The van der Waals surface area contributed by atoms with Gasteiger partial charge >= 0.3 is 0 Å². The molecule has 5 nitrogen and oxygen atoms in total. The summed E-state index contributed by atoms with van der Waals surface area (Å²) in [7, 11) is -0.181. The highest BCUT2D eigenvalue weighted by Crippen LogP contribution is 2.21. The predicted molar refractivity (Wildman–Crippen MR) is 79.0 cm³/mol. The van der Waals surface area contributed by atoms with Crippen molar-refractivity contribution < 1.29 is 8.42 Å². The molecule has 1 heterocycles. The van der Waals surface area contributed by atoms with E-state index in [1.165, 1.54) is 17.5 Å². The van der Waals surface area contributed by atoms with E-state index in [1.54, 1.807) is 42.6 Å². The molecule has 0 amide bonds. The van der Waals surface area contributed by atoms with Crippen molar-refractivity contribution in [1.29, 1.82) is 0 Å². The molecule has 1 N–H and O–H groups in total. The number of anilines is 1. The monoisotopic (exact) mass is 291 g/mol. The smallest absolute Gasteiger partial charge is 0.264 e. The van der Waals surface area contributed by atoms with Gasteiger partial charge in [-0.05, 0) is 36.9 Å². The van der Waals surface area contributed by atoms with Gasteiger partial charge in [0.25, 0.3) is 10.0 Å². The van der Waals surface area contributed by atoms with Gasteiger partial charge in [-0.1, -0.05) is 12.1 Å². The standard InChI is InChI=1S/C14H17N3O2S/c1-15-10-12-5-7-14(8-6-12)20(18,19)17(2)13-4-3-9-16-11-13/h3-9,11,15H,10H2,1-2H3. The maximum absolute atomic E-state index is 12.5. The predicted octanol–water partition coefficient (Wildman–Crippen LogP) is 1.63. The number of nitrogens with one attached hydrogen (secondary N) is 1. The lowest BCUT2D eigenvalue weighted by Crippen LogP contribution is -2.26. The Hall–Kier alpha value is -1.92. The third-order valence-corrected chi connectivity index (χ3v) is 4.77. The van der Waals surface area contributed by atoms with Crippen LogP contribution in [0.1, 0.15) is 5.56 Å². The van der Waals surface area contributed by atoms with Gasteiger partial charge in [0.2, 0.25) is 0 Å². The van der Waals surface area contributed by atoms with Gasteiger partial charge in [-0.15, -0.1) is 0 Å². The van der Waals surface area contributed by atoms with E-state index in [0.717, 1.165) is 5.56 Å². The van der Waals surface area contributed by atoms with Gasteiger partial charge in [-0.3, -0.25) is 9.29 Å². The lowest BCUT2D eigenvalue weighted by Gasteiger charge is -2.19. The van der Waals surface area contributed by atoms with E-state index in [2.05, 4.69) is 10.3 Å². The topological polar surface area (TPSA) is 62.3 Å².